The number of carbonyl (C=O) groups excluding carboxylic acids is 1. The summed E-state index contributed by atoms with van der Waals surface area (Å²) in [6, 6.07) is 10.6. The number of amides is 1. The van der Waals surface area contributed by atoms with Crippen LogP contribution < -0.4 is 5.32 Å². The van der Waals surface area contributed by atoms with Gasteiger partial charge in [0.05, 0.1) is 0 Å². The lowest BCUT2D eigenvalue weighted by molar-refractivity contribution is -0.316. The van der Waals surface area contributed by atoms with Crippen LogP contribution in [0.3, 0.4) is 0 Å². The van der Waals surface area contributed by atoms with Crippen molar-refractivity contribution < 1.29 is 9.63 Å². The highest BCUT2D eigenvalue weighted by atomic mass is 16.7. The standard InChI is InChI=1S/C25H42N2O2/c1-7-10-12-17-23(28)26-22-18-24(5,6)27(25(8-2,9-3)19-22)29-20(4)21-15-13-11-14-16-21/h11,13-16,20,22H,7-10,12,17-19H2,1-6H3,(H,26,28). The normalized spacial score (nSPS) is 22.2. The molecule has 0 saturated carbocycles. The van der Waals surface area contributed by atoms with Gasteiger partial charge < -0.3 is 5.32 Å². The van der Waals surface area contributed by atoms with E-state index < -0.39 is 0 Å². The second-order valence-electron chi connectivity index (χ2n) is 9.33. The monoisotopic (exact) mass is 402 g/mol. The molecule has 2 rings (SSSR count). The fourth-order valence-corrected chi connectivity index (χ4v) is 4.90. The molecule has 1 N–H and O–H groups in total. The zero-order valence-electron chi connectivity index (χ0n) is 19.5. The van der Waals surface area contributed by atoms with E-state index >= 15 is 0 Å². The first kappa shape index (κ1) is 23.9. The zero-order chi connectivity index (χ0) is 21.5. The van der Waals surface area contributed by atoms with Gasteiger partial charge in [-0.05, 0) is 58.4 Å². The summed E-state index contributed by atoms with van der Waals surface area (Å²) in [5, 5.41) is 5.62. The maximum absolute atomic E-state index is 12.5. The lowest BCUT2D eigenvalue weighted by Crippen LogP contribution is -2.66. The fraction of sp³-hybridized carbons (Fsp3) is 0.720. The van der Waals surface area contributed by atoms with Gasteiger partial charge in [-0.3, -0.25) is 9.63 Å². The average molecular weight is 403 g/mol. The summed E-state index contributed by atoms with van der Waals surface area (Å²) < 4.78 is 0. The molecule has 0 aromatic heterocycles. The Hall–Kier alpha value is -1.39. The van der Waals surface area contributed by atoms with Crippen molar-refractivity contribution in [3.8, 4) is 0 Å². The zero-order valence-corrected chi connectivity index (χ0v) is 19.5. The van der Waals surface area contributed by atoms with Gasteiger partial charge in [-0.1, -0.05) is 63.9 Å². The van der Waals surface area contributed by atoms with Crippen molar-refractivity contribution in [1.29, 1.82) is 0 Å². The predicted molar refractivity (Wildman–Crippen MR) is 120 cm³/mol. The minimum absolute atomic E-state index is 0.00636. The summed E-state index contributed by atoms with van der Waals surface area (Å²) in [6.45, 7) is 13.3. The molecule has 2 unspecified atom stereocenters. The Balaban J connectivity index is 2.15. The van der Waals surface area contributed by atoms with Crippen LogP contribution in [0.1, 0.15) is 105 Å². The Kier molecular flexibility index (Phi) is 8.72. The Bertz CT molecular complexity index is 625. The number of nitrogens with one attached hydrogen (secondary N) is 1. The van der Waals surface area contributed by atoms with Crippen LogP contribution in [0.25, 0.3) is 0 Å². The van der Waals surface area contributed by atoms with Gasteiger partial charge >= 0.3 is 0 Å². The summed E-state index contributed by atoms with van der Waals surface area (Å²) >= 11 is 0. The first-order valence-corrected chi connectivity index (χ1v) is 11.6. The van der Waals surface area contributed by atoms with Gasteiger partial charge in [0.15, 0.2) is 0 Å². The molecular weight excluding hydrogens is 360 g/mol. The van der Waals surface area contributed by atoms with Crippen LogP contribution >= 0.6 is 0 Å². The van der Waals surface area contributed by atoms with Crippen molar-refractivity contribution in [3.05, 3.63) is 35.9 Å². The van der Waals surface area contributed by atoms with Gasteiger partial charge in [-0.25, -0.2) is 0 Å². The first-order valence-electron chi connectivity index (χ1n) is 11.6. The van der Waals surface area contributed by atoms with Crippen molar-refractivity contribution in [2.24, 2.45) is 0 Å². The van der Waals surface area contributed by atoms with Gasteiger partial charge in [-0.2, -0.15) is 5.06 Å². The van der Waals surface area contributed by atoms with Crippen molar-refractivity contribution in [2.45, 2.75) is 116 Å². The maximum Gasteiger partial charge on any atom is 0.220 e. The van der Waals surface area contributed by atoms with E-state index in [-0.39, 0.29) is 29.1 Å². The SMILES string of the molecule is CCCCCC(=O)NC1CC(C)(C)N(OC(C)c2ccccc2)C(CC)(CC)C1. The maximum atomic E-state index is 12.5. The van der Waals surface area contributed by atoms with E-state index in [0.717, 1.165) is 44.9 Å². The number of hydrogen-bond donors (Lipinski definition) is 1. The van der Waals surface area contributed by atoms with Crippen molar-refractivity contribution in [1.82, 2.24) is 10.4 Å². The lowest BCUT2D eigenvalue weighted by atomic mass is 9.74. The third-order valence-corrected chi connectivity index (χ3v) is 6.57. The van der Waals surface area contributed by atoms with Gasteiger partial charge in [0.25, 0.3) is 0 Å². The molecule has 1 heterocycles. The van der Waals surface area contributed by atoms with E-state index in [0.29, 0.717) is 6.42 Å². The minimum Gasteiger partial charge on any atom is -0.353 e. The van der Waals surface area contributed by atoms with E-state index in [1.807, 2.05) is 6.07 Å². The number of hydroxylamine groups is 2. The third kappa shape index (κ3) is 6.05. The second kappa shape index (κ2) is 10.6. The number of carbonyl (C=O) groups is 1. The predicted octanol–water partition coefficient (Wildman–Crippen LogP) is 6.18. The number of benzene rings is 1. The quantitative estimate of drug-likeness (QED) is 0.475. The van der Waals surface area contributed by atoms with Crippen LogP contribution in [0.4, 0.5) is 0 Å². The molecule has 29 heavy (non-hydrogen) atoms. The Morgan fingerprint density at radius 2 is 1.79 bits per heavy atom. The molecule has 4 heteroatoms. The summed E-state index contributed by atoms with van der Waals surface area (Å²) in [7, 11) is 0. The molecular formula is C25H42N2O2. The number of nitrogens with zero attached hydrogens (tertiary/aromatic N) is 1. The molecule has 1 aliphatic heterocycles. The molecule has 2 atom stereocenters. The molecule has 1 aromatic rings. The molecule has 4 nitrogen and oxygen atoms in total. The summed E-state index contributed by atoms with van der Waals surface area (Å²) in [4.78, 5) is 19.1. The third-order valence-electron chi connectivity index (χ3n) is 6.57. The van der Waals surface area contributed by atoms with Crippen LogP contribution in [-0.2, 0) is 9.63 Å². The first-order chi connectivity index (χ1) is 13.8. The molecule has 0 radical (unpaired) electrons. The highest BCUT2D eigenvalue weighted by Gasteiger charge is 2.50. The summed E-state index contributed by atoms with van der Waals surface area (Å²) in [5.41, 5.74) is 0.955. The van der Waals surface area contributed by atoms with Crippen molar-refractivity contribution >= 4 is 5.91 Å². The van der Waals surface area contributed by atoms with Gasteiger partial charge in [0, 0.05) is 23.5 Å². The lowest BCUT2D eigenvalue weighted by Gasteiger charge is -2.57. The molecule has 0 aliphatic carbocycles. The van der Waals surface area contributed by atoms with E-state index in [1.165, 1.54) is 5.56 Å². The fourth-order valence-electron chi connectivity index (χ4n) is 4.90. The molecule has 0 spiro atoms. The van der Waals surface area contributed by atoms with Crippen molar-refractivity contribution in [3.63, 3.8) is 0 Å². The highest BCUT2D eigenvalue weighted by Crippen LogP contribution is 2.44. The van der Waals surface area contributed by atoms with Gasteiger partial charge in [0.1, 0.15) is 6.10 Å². The largest absolute Gasteiger partial charge is 0.353 e. The molecule has 164 valence electrons. The van der Waals surface area contributed by atoms with Crippen LogP contribution in [0.5, 0.6) is 0 Å². The topological polar surface area (TPSA) is 41.6 Å². The van der Waals surface area contributed by atoms with Crippen LogP contribution in [0, 0.1) is 0 Å². The van der Waals surface area contributed by atoms with Crippen LogP contribution in [-0.4, -0.2) is 28.1 Å². The molecule has 0 bridgehead atoms. The van der Waals surface area contributed by atoms with E-state index in [2.05, 4.69) is 76.2 Å². The number of piperidine rings is 1. The summed E-state index contributed by atoms with van der Waals surface area (Å²) in [5.74, 6) is 0.201. The Morgan fingerprint density at radius 1 is 1.14 bits per heavy atom. The molecule has 1 aromatic carbocycles. The average Bonchev–Trinajstić information content (AvgIpc) is 2.70. The van der Waals surface area contributed by atoms with E-state index in [4.69, 9.17) is 4.84 Å². The smallest absolute Gasteiger partial charge is 0.220 e. The molecule has 1 aliphatic rings. The molecule has 1 amide bonds. The minimum atomic E-state index is -0.158. The second-order valence-corrected chi connectivity index (χ2v) is 9.33. The Labute approximate surface area is 178 Å². The van der Waals surface area contributed by atoms with Crippen LogP contribution in [0.15, 0.2) is 30.3 Å². The Morgan fingerprint density at radius 3 is 2.38 bits per heavy atom. The van der Waals surface area contributed by atoms with Gasteiger partial charge in [0.2, 0.25) is 5.91 Å². The van der Waals surface area contributed by atoms with Gasteiger partial charge in [-0.15, -0.1) is 0 Å². The van der Waals surface area contributed by atoms with Crippen LogP contribution in [0.2, 0.25) is 0 Å². The van der Waals surface area contributed by atoms with E-state index in [1.54, 1.807) is 0 Å². The number of rotatable bonds is 10. The highest BCUT2D eigenvalue weighted by molar-refractivity contribution is 5.76. The number of hydrogen-bond acceptors (Lipinski definition) is 3. The molecule has 1 saturated heterocycles. The number of unbranched alkanes of at least 4 members (excludes halogenated alkanes) is 2. The molecule has 1 fully saturated rings. The van der Waals surface area contributed by atoms with Crippen molar-refractivity contribution in [2.75, 3.05) is 0 Å². The summed E-state index contributed by atoms with van der Waals surface area (Å²) in [6.07, 6.45) is 7.71. The van der Waals surface area contributed by atoms with E-state index in [9.17, 15) is 4.79 Å².